The zero-order chi connectivity index (χ0) is 15.5. The van der Waals surface area contributed by atoms with Crippen molar-refractivity contribution in [3.8, 4) is 0 Å². The maximum atomic E-state index is 10.9. The molecule has 0 saturated carbocycles. The summed E-state index contributed by atoms with van der Waals surface area (Å²) in [5.74, 6) is 0.513. The number of anilines is 1. The molecular formula is C15H13N5O2. The zero-order valence-electron chi connectivity index (χ0n) is 11.8. The molecular weight excluding hydrogens is 282 g/mol. The summed E-state index contributed by atoms with van der Waals surface area (Å²) in [4.78, 5) is 17.9. The molecule has 3 aromatic rings. The lowest BCUT2D eigenvalue weighted by Crippen LogP contribution is -1.95. The van der Waals surface area contributed by atoms with E-state index in [4.69, 9.17) is 0 Å². The number of rotatable bonds is 4. The second-order valence-electron chi connectivity index (χ2n) is 4.78. The van der Waals surface area contributed by atoms with Gasteiger partial charge in [0.1, 0.15) is 0 Å². The molecule has 0 spiro atoms. The highest BCUT2D eigenvalue weighted by atomic mass is 16.6. The quantitative estimate of drug-likeness (QED) is 0.439. The van der Waals surface area contributed by atoms with Gasteiger partial charge in [-0.3, -0.25) is 10.1 Å². The third-order valence-electron chi connectivity index (χ3n) is 3.20. The van der Waals surface area contributed by atoms with Crippen molar-refractivity contribution in [3.63, 3.8) is 0 Å². The first kappa shape index (κ1) is 13.7. The zero-order valence-corrected chi connectivity index (χ0v) is 11.8. The topological polar surface area (TPSA) is 96.2 Å². The first-order valence-corrected chi connectivity index (χ1v) is 6.62. The molecule has 0 aliphatic rings. The number of aromatic amines is 1. The van der Waals surface area contributed by atoms with E-state index in [2.05, 4.69) is 20.5 Å². The number of benzene rings is 2. The summed E-state index contributed by atoms with van der Waals surface area (Å²) in [6.45, 7) is 1.70. The van der Waals surface area contributed by atoms with Crippen LogP contribution >= 0.6 is 0 Å². The Labute approximate surface area is 125 Å². The molecule has 0 bridgehead atoms. The lowest BCUT2D eigenvalue weighted by atomic mass is 10.1. The minimum atomic E-state index is -0.403. The van der Waals surface area contributed by atoms with Crippen molar-refractivity contribution in [2.45, 2.75) is 6.92 Å². The van der Waals surface area contributed by atoms with Crippen LogP contribution in [0.15, 0.2) is 47.6 Å². The van der Waals surface area contributed by atoms with E-state index in [1.54, 1.807) is 19.1 Å². The van der Waals surface area contributed by atoms with Crippen LogP contribution in [0.25, 0.3) is 11.0 Å². The fraction of sp³-hybridized carbons (Fsp3) is 0.0667. The van der Waals surface area contributed by atoms with E-state index in [1.807, 2.05) is 24.3 Å². The van der Waals surface area contributed by atoms with Gasteiger partial charge in [-0.05, 0) is 19.1 Å². The van der Waals surface area contributed by atoms with Crippen molar-refractivity contribution in [2.75, 3.05) is 5.43 Å². The van der Waals surface area contributed by atoms with Gasteiger partial charge < -0.3 is 4.98 Å². The minimum Gasteiger partial charge on any atom is -0.323 e. The molecule has 0 amide bonds. The number of imidazole rings is 1. The Morgan fingerprint density at radius 3 is 2.91 bits per heavy atom. The lowest BCUT2D eigenvalue weighted by molar-refractivity contribution is -0.385. The Morgan fingerprint density at radius 2 is 2.14 bits per heavy atom. The van der Waals surface area contributed by atoms with Crippen molar-refractivity contribution in [2.24, 2.45) is 5.10 Å². The number of hydrogen-bond acceptors (Lipinski definition) is 5. The van der Waals surface area contributed by atoms with E-state index >= 15 is 0 Å². The van der Waals surface area contributed by atoms with Gasteiger partial charge in [0.15, 0.2) is 0 Å². The fourth-order valence-corrected chi connectivity index (χ4v) is 2.08. The number of para-hydroxylation sites is 2. The predicted molar refractivity (Wildman–Crippen MR) is 85.1 cm³/mol. The van der Waals surface area contributed by atoms with E-state index in [0.717, 1.165) is 11.0 Å². The SMILES string of the molecule is Cc1ccc(/C=N\Nc2nc3ccccc3[nH]2)cc1[N+](=O)[O-]. The summed E-state index contributed by atoms with van der Waals surface area (Å²) in [5, 5.41) is 14.9. The number of hydrogen-bond donors (Lipinski definition) is 2. The largest absolute Gasteiger partial charge is 0.323 e. The second-order valence-corrected chi connectivity index (χ2v) is 4.78. The summed E-state index contributed by atoms with van der Waals surface area (Å²) < 4.78 is 0. The summed E-state index contributed by atoms with van der Waals surface area (Å²) in [6.07, 6.45) is 1.51. The molecule has 7 nitrogen and oxygen atoms in total. The second kappa shape index (κ2) is 5.65. The number of aryl methyl sites for hydroxylation is 1. The molecule has 0 unspecified atom stereocenters. The molecule has 3 rings (SSSR count). The Bertz CT molecular complexity index is 836. The van der Waals surface area contributed by atoms with Gasteiger partial charge in [-0.15, -0.1) is 0 Å². The molecule has 7 heteroatoms. The first-order valence-electron chi connectivity index (χ1n) is 6.62. The van der Waals surface area contributed by atoms with Crippen LogP contribution < -0.4 is 5.43 Å². The summed E-state index contributed by atoms with van der Waals surface area (Å²) in [7, 11) is 0. The third kappa shape index (κ3) is 2.78. The number of fused-ring (bicyclic) bond motifs is 1. The minimum absolute atomic E-state index is 0.0766. The Morgan fingerprint density at radius 1 is 1.32 bits per heavy atom. The van der Waals surface area contributed by atoms with E-state index in [-0.39, 0.29) is 5.69 Å². The third-order valence-corrected chi connectivity index (χ3v) is 3.20. The number of nitro benzene ring substituents is 1. The van der Waals surface area contributed by atoms with Gasteiger partial charge in [-0.1, -0.05) is 24.3 Å². The molecule has 110 valence electrons. The Kier molecular flexibility index (Phi) is 3.53. The van der Waals surface area contributed by atoms with E-state index in [9.17, 15) is 10.1 Å². The standard InChI is InChI=1S/C15H13N5O2/c1-10-6-7-11(8-14(10)20(21)22)9-16-19-15-17-12-4-2-3-5-13(12)18-15/h2-9H,1H3,(H2,17,18,19)/b16-9-. The summed E-state index contributed by atoms with van der Waals surface area (Å²) in [6, 6.07) is 12.6. The predicted octanol–water partition coefficient (Wildman–Crippen LogP) is 3.23. The van der Waals surface area contributed by atoms with E-state index in [1.165, 1.54) is 12.3 Å². The molecule has 2 aromatic carbocycles. The van der Waals surface area contributed by atoms with Gasteiger partial charge in [0, 0.05) is 17.2 Å². The lowest BCUT2D eigenvalue weighted by Gasteiger charge is -1.98. The van der Waals surface area contributed by atoms with Crippen molar-refractivity contribution in [1.82, 2.24) is 9.97 Å². The van der Waals surface area contributed by atoms with Crippen LogP contribution in [0.3, 0.4) is 0 Å². The highest BCUT2D eigenvalue weighted by molar-refractivity contribution is 5.82. The average molecular weight is 295 g/mol. The summed E-state index contributed by atoms with van der Waals surface area (Å²) in [5.41, 5.74) is 5.86. The molecule has 0 aliphatic heterocycles. The van der Waals surface area contributed by atoms with Crippen LogP contribution in [0.5, 0.6) is 0 Å². The van der Waals surface area contributed by atoms with Crippen molar-refractivity contribution in [3.05, 3.63) is 63.7 Å². The summed E-state index contributed by atoms with van der Waals surface area (Å²) >= 11 is 0. The normalized spacial score (nSPS) is 11.1. The molecule has 0 saturated heterocycles. The number of nitrogens with zero attached hydrogens (tertiary/aromatic N) is 3. The highest BCUT2D eigenvalue weighted by Gasteiger charge is 2.09. The van der Waals surface area contributed by atoms with Crippen molar-refractivity contribution >= 4 is 28.9 Å². The van der Waals surface area contributed by atoms with Crippen LogP contribution in [-0.2, 0) is 0 Å². The van der Waals surface area contributed by atoms with Crippen LogP contribution in [0.2, 0.25) is 0 Å². The Balaban J connectivity index is 1.77. The van der Waals surface area contributed by atoms with Crippen molar-refractivity contribution < 1.29 is 4.92 Å². The van der Waals surface area contributed by atoms with Crippen LogP contribution in [0.1, 0.15) is 11.1 Å². The maximum absolute atomic E-state index is 10.9. The van der Waals surface area contributed by atoms with Gasteiger partial charge in [-0.2, -0.15) is 5.10 Å². The number of H-pyrrole nitrogens is 1. The smallest absolute Gasteiger partial charge is 0.272 e. The molecule has 1 heterocycles. The van der Waals surface area contributed by atoms with E-state index < -0.39 is 4.92 Å². The number of nitro groups is 1. The van der Waals surface area contributed by atoms with Gasteiger partial charge in [0.25, 0.3) is 5.69 Å². The average Bonchev–Trinajstić information content (AvgIpc) is 2.91. The highest BCUT2D eigenvalue weighted by Crippen LogP contribution is 2.18. The molecule has 2 N–H and O–H groups in total. The van der Waals surface area contributed by atoms with Crippen LogP contribution in [-0.4, -0.2) is 21.1 Å². The number of nitrogens with one attached hydrogen (secondary N) is 2. The fourth-order valence-electron chi connectivity index (χ4n) is 2.08. The van der Waals surface area contributed by atoms with Crippen LogP contribution in [0.4, 0.5) is 11.6 Å². The molecule has 0 radical (unpaired) electrons. The molecule has 1 aromatic heterocycles. The maximum Gasteiger partial charge on any atom is 0.272 e. The van der Waals surface area contributed by atoms with Crippen LogP contribution in [0, 0.1) is 17.0 Å². The number of hydrazone groups is 1. The van der Waals surface area contributed by atoms with Gasteiger partial charge in [0.2, 0.25) is 5.95 Å². The molecule has 22 heavy (non-hydrogen) atoms. The monoisotopic (exact) mass is 295 g/mol. The molecule has 0 aliphatic carbocycles. The molecule has 0 atom stereocenters. The number of aromatic nitrogens is 2. The molecule has 0 fully saturated rings. The van der Waals surface area contributed by atoms with Gasteiger partial charge in [0.05, 0.1) is 22.2 Å². The van der Waals surface area contributed by atoms with Crippen molar-refractivity contribution in [1.29, 1.82) is 0 Å². The first-order chi connectivity index (χ1) is 10.6. The Hall–Kier alpha value is -3.22. The van der Waals surface area contributed by atoms with Gasteiger partial charge in [-0.25, -0.2) is 10.4 Å². The van der Waals surface area contributed by atoms with E-state index in [0.29, 0.717) is 17.1 Å². The van der Waals surface area contributed by atoms with Gasteiger partial charge >= 0.3 is 0 Å².